The van der Waals surface area contributed by atoms with E-state index in [4.69, 9.17) is 11.6 Å². The number of hydrogen-bond acceptors (Lipinski definition) is 2. The molecule has 0 bridgehead atoms. The summed E-state index contributed by atoms with van der Waals surface area (Å²) < 4.78 is 14.7. The number of amides is 2. The van der Waals surface area contributed by atoms with Gasteiger partial charge in [0, 0.05) is 29.6 Å². The molecule has 188 valence electrons. The van der Waals surface area contributed by atoms with Crippen LogP contribution in [0.2, 0.25) is 5.02 Å². The van der Waals surface area contributed by atoms with E-state index in [2.05, 4.69) is 5.32 Å². The van der Waals surface area contributed by atoms with Gasteiger partial charge in [-0.25, -0.2) is 4.39 Å². The summed E-state index contributed by atoms with van der Waals surface area (Å²) in [6, 6.07) is 22.5. The second-order valence-electron chi connectivity index (χ2n) is 9.43. The van der Waals surface area contributed by atoms with Crippen molar-refractivity contribution in [2.24, 2.45) is 0 Å². The normalized spacial score (nSPS) is 14.7. The molecule has 0 saturated heterocycles. The number of carbonyl (C=O) groups is 2. The number of carbonyl (C=O) groups excluding carboxylic acids is 2. The topological polar surface area (TPSA) is 49.4 Å². The van der Waals surface area contributed by atoms with Crippen molar-refractivity contribution in [2.45, 2.75) is 63.6 Å². The molecule has 36 heavy (non-hydrogen) atoms. The highest BCUT2D eigenvalue weighted by Gasteiger charge is 2.32. The van der Waals surface area contributed by atoms with E-state index in [1.165, 1.54) is 17.4 Å². The van der Waals surface area contributed by atoms with E-state index in [0.717, 1.165) is 31.2 Å². The van der Waals surface area contributed by atoms with Gasteiger partial charge in [0.05, 0.1) is 6.42 Å². The molecule has 0 aliphatic heterocycles. The summed E-state index contributed by atoms with van der Waals surface area (Å²) >= 11 is 6.35. The molecule has 2 amide bonds. The fourth-order valence-corrected chi connectivity index (χ4v) is 5.02. The van der Waals surface area contributed by atoms with Crippen LogP contribution in [0.1, 0.15) is 48.8 Å². The highest BCUT2D eigenvalue weighted by atomic mass is 35.5. The molecular formula is C30H32ClFN2O2. The van der Waals surface area contributed by atoms with Crippen LogP contribution in [-0.4, -0.2) is 28.8 Å². The Kier molecular flexibility index (Phi) is 9.12. The highest BCUT2D eigenvalue weighted by Crippen LogP contribution is 2.22. The Morgan fingerprint density at radius 3 is 2.22 bits per heavy atom. The number of hydrogen-bond donors (Lipinski definition) is 1. The fourth-order valence-electron chi connectivity index (χ4n) is 4.81. The van der Waals surface area contributed by atoms with Crippen LogP contribution in [0.4, 0.5) is 4.39 Å². The van der Waals surface area contributed by atoms with Crippen molar-refractivity contribution >= 4 is 23.4 Å². The first-order valence-electron chi connectivity index (χ1n) is 12.6. The molecule has 1 aliphatic rings. The van der Waals surface area contributed by atoms with Gasteiger partial charge in [-0.1, -0.05) is 97.6 Å². The lowest BCUT2D eigenvalue weighted by Gasteiger charge is -2.33. The van der Waals surface area contributed by atoms with Crippen LogP contribution >= 0.6 is 11.6 Å². The fraction of sp³-hybridized carbons (Fsp3) is 0.333. The molecule has 4 rings (SSSR count). The standard InChI is InChI=1S/C30H32ClFN2O2/c31-26-17-9-7-13-23(26)20-29(35)34(21-24-14-8-10-18-27(24)32)28(19-22-11-3-1-4-12-22)30(36)33-25-15-5-2-6-16-25/h1,3-4,7-14,17-18,25,28H,2,5-6,15-16,19-21H2,(H,33,36)/t28-/m0/s1. The Bertz CT molecular complexity index is 1160. The average Bonchev–Trinajstić information content (AvgIpc) is 2.89. The van der Waals surface area contributed by atoms with Gasteiger partial charge >= 0.3 is 0 Å². The minimum absolute atomic E-state index is 0.00839. The van der Waals surface area contributed by atoms with Crippen molar-refractivity contribution in [3.63, 3.8) is 0 Å². The minimum Gasteiger partial charge on any atom is -0.352 e. The first kappa shape index (κ1) is 25.9. The minimum atomic E-state index is -0.788. The smallest absolute Gasteiger partial charge is 0.243 e. The molecule has 1 saturated carbocycles. The maximum atomic E-state index is 14.7. The van der Waals surface area contributed by atoms with E-state index in [1.807, 2.05) is 42.5 Å². The molecule has 3 aromatic carbocycles. The van der Waals surface area contributed by atoms with E-state index in [0.29, 0.717) is 22.6 Å². The van der Waals surface area contributed by atoms with Gasteiger partial charge in [-0.3, -0.25) is 9.59 Å². The molecule has 1 atom stereocenters. The van der Waals surface area contributed by atoms with E-state index in [-0.39, 0.29) is 30.8 Å². The molecule has 6 heteroatoms. The predicted molar refractivity (Wildman–Crippen MR) is 141 cm³/mol. The van der Waals surface area contributed by atoms with E-state index in [9.17, 15) is 14.0 Å². The average molecular weight is 507 g/mol. The van der Waals surface area contributed by atoms with Crippen molar-refractivity contribution in [1.29, 1.82) is 0 Å². The number of halogens is 2. The molecule has 0 aromatic heterocycles. The van der Waals surface area contributed by atoms with Crippen LogP contribution in [0.25, 0.3) is 0 Å². The molecule has 1 N–H and O–H groups in total. The van der Waals surface area contributed by atoms with Crippen LogP contribution in [0.15, 0.2) is 78.9 Å². The van der Waals surface area contributed by atoms with Crippen molar-refractivity contribution < 1.29 is 14.0 Å². The van der Waals surface area contributed by atoms with Crippen molar-refractivity contribution in [3.8, 4) is 0 Å². The van der Waals surface area contributed by atoms with Crippen LogP contribution in [-0.2, 0) is 29.0 Å². The molecule has 0 unspecified atom stereocenters. The van der Waals surface area contributed by atoms with Crippen molar-refractivity contribution in [2.75, 3.05) is 0 Å². The first-order chi connectivity index (χ1) is 17.5. The predicted octanol–water partition coefficient (Wildman–Crippen LogP) is 6.11. The third-order valence-electron chi connectivity index (χ3n) is 6.82. The molecule has 1 fully saturated rings. The number of nitrogens with zero attached hydrogens (tertiary/aromatic N) is 1. The summed E-state index contributed by atoms with van der Waals surface area (Å²) in [5.41, 5.74) is 1.98. The maximum Gasteiger partial charge on any atom is 0.243 e. The lowest BCUT2D eigenvalue weighted by atomic mass is 9.94. The van der Waals surface area contributed by atoms with E-state index in [1.54, 1.807) is 30.3 Å². The third-order valence-corrected chi connectivity index (χ3v) is 7.19. The van der Waals surface area contributed by atoms with Gasteiger partial charge < -0.3 is 10.2 Å². The zero-order chi connectivity index (χ0) is 25.3. The molecule has 0 radical (unpaired) electrons. The SMILES string of the molecule is O=C(NC1CCCCC1)[C@H](Cc1ccccc1)N(Cc1ccccc1F)C(=O)Cc1ccccc1Cl. The Balaban J connectivity index is 1.67. The molecular weight excluding hydrogens is 475 g/mol. The molecule has 4 nitrogen and oxygen atoms in total. The van der Waals surface area contributed by atoms with Crippen molar-refractivity contribution in [1.82, 2.24) is 10.2 Å². The zero-order valence-corrected chi connectivity index (χ0v) is 21.1. The Labute approximate surface area is 217 Å². The van der Waals surface area contributed by atoms with E-state index < -0.39 is 11.9 Å². The van der Waals surface area contributed by atoms with Gasteiger partial charge in [0.1, 0.15) is 11.9 Å². The summed E-state index contributed by atoms with van der Waals surface area (Å²) in [6.45, 7) is -0.00839. The summed E-state index contributed by atoms with van der Waals surface area (Å²) in [5, 5.41) is 3.69. The highest BCUT2D eigenvalue weighted by molar-refractivity contribution is 6.31. The van der Waals surface area contributed by atoms with Crippen LogP contribution < -0.4 is 5.32 Å². The van der Waals surface area contributed by atoms with E-state index >= 15 is 0 Å². The second-order valence-corrected chi connectivity index (χ2v) is 9.84. The summed E-state index contributed by atoms with van der Waals surface area (Å²) in [6.07, 6.45) is 5.57. The van der Waals surface area contributed by atoms with Gasteiger partial charge in [0.2, 0.25) is 11.8 Å². The summed E-state index contributed by atoms with van der Waals surface area (Å²) in [5.74, 6) is -0.875. The molecule has 1 aliphatic carbocycles. The molecule has 0 spiro atoms. The molecule has 3 aromatic rings. The summed E-state index contributed by atoms with van der Waals surface area (Å²) in [4.78, 5) is 29.0. The summed E-state index contributed by atoms with van der Waals surface area (Å²) in [7, 11) is 0. The monoisotopic (exact) mass is 506 g/mol. The van der Waals surface area contributed by atoms with Gasteiger partial charge in [-0.05, 0) is 36.1 Å². The third kappa shape index (κ3) is 6.94. The Morgan fingerprint density at radius 2 is 1.53 bits per heavy atom. The largest absolute Gasteiger partial charge is 0.352 e. The van der Waals surface area contributed by atoms with Gasteiger partial charge in [0.15, 0.2) is 0 Å². The number of benzene rings is 3. The van der Waals surface area contributed by atoms with Gasteiger partial charge in [0.25, 0.3) is 0 Å². The molecule has 0 heterocycles. The van der Waals surface area contributed by atoms with Crippen LogP contribution in [0.5, 0.6) is 0 Å². The lowest BCUT2D eigenvalue weighted by molar-refractivity contribution is -0.141. The van der Waals surface area contributed by atoms with Gasteiger partial charge in [-0.15, -0.1) is 0 Å². The Hall–Kier alpha value is -3.18. The number of rotatable bonds is 9. The van der Waals surface area contributed by atoms with Crippen LogP contribution in [0.3, 0.4) is 0 Å². The first-order valence-corrected chi connectivity index (χ1v) is 13.0. The lowest BCUT2D eigenvalue weighted by Crippen LogP contribution is -2.53. The zero-order valence-electron chi connectivity index (χ0n) is 20.3. The van der Waals surface area contributed by atoms with Gasteiger partial charge in [-0.2, -0.15) is 0 Å². The quantitative estimate of drug-likeness (QED) is 0.380. The maximum absolute atomic E-state index is 14.7. The second kappa shape index (κ2) is 12.7. The van der Waals surface area contributed by atoms with Crippen molar-refractivity contribution in [3.05, 3.63) is 106 Å². The Morgan fingerprint density at radius 1 is 0.889 bits per heavy atom. The number of nitrogens with one attached hydrogen (secondary N) is 1. The van der Waals surface area contributed by atoms with Crippen LogP contribution in [0, 0.1) is 5.82 Å².